The standard InChI is InChI=1S/C28H36O/c1-4-5-6-7-8-9-10-11-18-29-26-15-13-24(14-16-26)28-21-23(3)20-25-19-22(2)12-17-27(25)28/h12-17,19-21H,4-11,18H2,1-3H3. The van der Waals surface area contributed by atoms with Crippen molar-refractivity contribution in [3.63, 3.8) is 0 Å². The molecule has 0 bridgehead atoms. The lowest BCUT2D eigenvalue weighted by Crippen LogP contribution is -1.97. The van der Waals surface area contributed by atoms with E-state index in [9.17, 15) is 0 Å². The lowest BCUT2D eigenvalue weighted by molar-refractivity contribution is 0.304. The molecule has 0 aliphatic rings. The van der Waals surface area contributed by atoms with Crippen LogP contribution in [-0.2, 0) is 0 Å². The lowest BCUT2D eigenvalue weighted by Gasteiger charge is -2.11. The molecule has 0 radical (unpaired) electrons. The van der Waals surface area contributed by atoms with Gasteiger partial charge in [0.1, 0.15) is 5.75 Å². The number of hydrogen-bond donors (Lipinski definition) is 0. The summed E-state index contributed by atoms with van der Waals surface area (Å²) in [6.07, 6.45) is 10.6. The molecule has 0 amide bonds. The quantitative estimate of drug-likeness (QED) is 0.299. The summed E-state index contributed by atoms with van der Waals surface area (Å²) in [5, 5.41) is 2.63. The van der Waals surface area contributed by atoms with Crippen LogP contribution in [-0.4, -0.2) is 6.61 Å². The number of hydrogen-bond acceptors (Lipinski definition) is 1. The zero-order valence-electron chi connectivity index (χ0n) is 18.5. The van der Waals surface area contributed by atoms with Crippen LogP contribution in [0, 0.1) is 13.8 Å². The number of fused-ring (bicyclic) bond motifs is 1. The molecule has 0 unspecified atom stereocenters. The van der Waals surface area contributed by atoms with E-state index in [-0.39, 0.29) is 0 Å². The Morgan fingerprint density at radius 3 is 2.03 bits per heavy atom. The molecule has 154 valence electrons. The Morgan fingerprint density at radius 2 is 1.31 bits per heavy atom. The second-order valence-electron chi connectivity index (χ2n) is 8.38. The second-order valence-corrected chi connectivity index (χ2v) is 8.38. The van der Waals surface area contributed by atoms with Crippen LogP contribution in [0.3, 0.4) is 0 Å². The smallest absolute Gasteiger partial charge is 0.119 e. The topological polar surface area (TPSA) is 9.23 Å². The maximum atomic E-state index is 5.97. The van der Waals surface area contributed by atoms with E-state index in [0.29, 0.717) is 0 Å². The molecule has 3 rings (SSSR count). The van der Waals surface area contributed by atoms with Gasteiger partial charge < -0.3 is 4.74 Å². The monoisotopic (exact) mass is 388 g/mol. The van der Waals surface area contributed by atoms with Crippen molar-refractivity contribution in [2.75, 3.05) is 6.61 Å². The molecule has 0 saturated carbocycles. The van der Waals surface area contributed by atoms with E-state index in [0.717, 1.165) is 18.8 Å². The highest BCUT2D eigenvalue weighted by atomic mass is 16.5. The van der Waals surface area contributed by atoms with E-state index < -0.39 is 0 Å². The van der Waals surface area contributed by atoms with E-state index in [1.54, 1.807) is 0 Å². The van der Waals surface area contributed by atoms with Crippen LogP contribution in [0.4, 0.5) is 0 Å². The van der Waals surface area contributed by atoms with Gasteiger partial charge in [-0.1, -0.05) is 99.9 Å². The molecular weight excluding hydrogens is 352 g/mol. The Morgan fingerprint density at radius 1 is 0.655 bits per heavy atom. The molecule has 29 heavy (non-hydrogen) atoms. The zero-order valence-corrected chi connectivity index (χ0v) is 18.5. The fraction of sp³-hybridized carbons (Fsp3) is 0.429. The average molecular weight is 389 g/mol. The minimum atomic E-state index is 0.820. The molecule has 0 saturated heterocycles. The highest BCUT2D eigenvalue weighted by Gasteiger charge is 2.06. The summed E-state index contributed by atoms with van der Waals surface area (Å²) in [5.41, 5.74) is 5.16. The highest BCUT2D eigenvalue weighted by Crippen LogP contribution is 2.31. The molecule has 3 aromatic rings. The number of benzene rings is 3. The van der Waals surface area contributed by atoms with Crippen LogP contribution >= 0.6 is 0 Å². The van der Waals surface area contributed by atoms with Crippen molar-refractivity contribution < 1.29 is 4.74 Å². The zero-order chi connectivity index (χ0) is 20.5. The first kappa shape index (κ1) is 21.4. The van der Waals surface area contributed by atoms with Gasteiger partial charge in [0.2, 0.25) is 0 Å². The first-order valence-corrected chi connectivity index (χ1v) is 11.4. The van der Waals surface area contributed by atoms with Gasteiger partial charge in [-0.05, 0) is 59.9 Å². The first-order chi connectivity index (χ1) is 14.2. The number of rotatable bonds is 11. The molecule has 0 atom stereocenters. The van der Waals surface area contributed by atoms with Gasteiger partial charge in [-0.2, -0.15) is 0 Å². The van der Waals surface area contributed by atoms with E-state index >= 15 is 0 Å². The van der Waals surface area contributed by atoms with Crippen LogP contribution in [0.2, 0.25) is 0 Å². The van der Waals surface area contributed by atoms with Crippen LogP contribution in [0.1, 0.15) is 69.4 Å². The molecule has 0 N–H and O–H groups in total. The predicted molar refractivity (Wildman–Crippen MR) is 127 cm³/mol. The molecule has 0 spiro atoms. The average Bonchev–Trinajstić information content (AvgIpc) is 2.72. The molecular formula is C28H36O. The Bertz CT molecular complexity index is 887. The molecule has 1 heteroatoms. The summed E-state index contributed by atoms with van der Waals surface area (Å²) >= 11 is 0. The molecule has 0 aliphatic carbocycles. The Kier molecular flexibility index (Phi) is 8.16. The largest absolute Gasteiger partial charge is 0.494 e. The van der Waals surface area contributed by atoms with Crippen LogP contribution in [0.25, 0.3) is 21.9 Å². The summed E-state index contributed by atoms with van der Waals surface area (Å²) in [5.74, 6) is 0.976. The molecule has 1 nitrogen and oxygen atoms in total. The van der Waals surface area contributed by atoms with Crippen molar-refractivity contribution in [2.45, 2.75) is 72.1 Å². The summed E-state index contributed by atoms with van der Waals surface area (Å²) in [6.45, 7) is 7.42. The minimum Gasteiger partial charge on any atom is -0.494 e. The molecule has 0 fully saturated rings. The molecule has 0 aromatic heterocycles. The summed E-state index contributed by atoms with van der Waals surface area (Å²) in [7, 11) is 0. The maximum absolute atomic E-state index is 5.97. The van der Waals surface area contributed by atoms with Crippen molar-refractivity contribution in [3.05, 3.63) is 65.7 Å². The van der Waals surface area contributed by atoms with E-state index in [2.05, 4.69) is 75.4 Å². The van der Waals surface area contributed by atoms with E-state index in [1.165, 1.54) is 78.0 Å². The Balaban J connectivity index is 1.53. The number of aryl methyl sites for hydroxylation is 2. The van der Waals surface area contributed by atoms with E-state index in [1.807, 2.05) is 0 Å². The molecule has 0 heterocycles. The highest BCUT2D eigenvalue weighted by molar-refractivity contribution is 5.97. The van der Waals surface area contributed by atoms with E-state index in [4.69, 9.17) is 4.74 Å². The third-order valence-corrected chi connectivity index (χ3v) is 5.68. The maximum Gasteiger partial charge on any atom is 0.119 e. The van der Waals surface area contributed by atoms with Gasteiger partial charge in [0.05, 0.1) is 6.61 Å². The minimum absolute atomic E-state index is 0.820. The first-order valence-electron chi connectivity index (χ1n) is 11.4. The third-order valence-electron chi connectivity index (χ3n) is 5.68. The van der Waals surface area contributed by atoms with Crippen molar-refractivity contribution in [2.24, 2.45) is 0 Å². The SMILES string of the molecule is CCCCCCCCCCOc1ccc(-c2cc(C)cc3cc(C)ccc23)cc1. The molecule has 3 aromatic carbocycles. The summed E-state index contributed by atoms with van der Waals surface area (Å²) in [4.78, 5) is 0. The number of unbranched alkanes of at least 4 members (excludes halogenated alkanes) is 7. The van der Waals surface area contributed by atoms with Gasteiger partial charge in [0.15, 0.2) is 0 Å². The predicted octanol–water partition coefficient (Wildman–Crippen LogP) is 8.64. The van der Waals surface area contributed by atoms with Gasteiger partial charge in [0.25, 0.3) is 0 Å². The van der Waals surface area contributed by atoms with Crippen molar-refractivity contribution in [1.82, 2.24) is 0 Å². The van der Waals surface area contributed by atoms with Crippen molar-refractivity contribution in [1.29, 1.82) is 0 Å². The van der Waals surface area contributed by atoms with Gasteiger partial charge in [-0.3, -0.25) is 0 Å². The fourth-order valence-corrected chi connectivity index (χ4v) is 4.03. The van der Waals surface area contributed by atoms with Crippen molar-refractivity contribution in [3.8, 4) is 16.9 Å². The Hall–Kier alpha value is -2.28. The van der Waals surface area contributed by atoms with Gasteiger partial charge in [-0.15, -0.1) is 0 Å². The third kappa shape index (κ3) is 6.35. The van der Waals surface area contributed by atoms with Crippen LogP contribution < -0.4 is 4.74 Å². The van der Waals surface area contributed by atoms with Crippen molar-refractivity contribution >= 4 is 10.8 Å². The fourth-order valence-electron chi connectivity index (χ4n) is 4.03. The van der Waals surface area contributed by atoms with Crippen LogP contribution in [0.15, 0.2) is 54.6 Å². The summed E-state index contributed by atoms with van der Waals surface area (Å²) in [6, 6.07) is 19.9. The van der Waals surface area contributed by atoms with Crippen LogP contribution in [0.5, 0.6) is 5.75 Å². The molecule has 0 aliphatic heterocycles. The number of ether oxygens (including phenoxy) is 1. The van der Waals surface area contributed by atoms with Gasteiger partial charge >= 0.3 is 0 Å². The second kappa shape index (κ2) is 11.0. The van der Waals surface area contributed by atoms with Gasteiger partial charge in [0, 0.05) is 0 Å². The normalized spacial score (nSPS) is 11.1. The lowest BCUT2D eigenvalue weighted by atomic mass is 9.95. The van der Waals surface area contributed by atoms with Gasteiger partial charge in [-0.25, -0.2) is 0 Å². The Labute approximate surface area is 177 Å². The summed E-state index contributed by atoms with van der Waals surface area (Å²) < 4.78 is 5.97.